The second kappa shape index (κ2) is 6.64. The Bertz CT molecular complexity index is 566. The zero-order chi connectivity index (χ0) is 15.5. The normalized spacial score (nSPS) is 19.7. The quantitative estimate of drug-likeness (QED) is 0.860. The van der Waals surface area contributed by atoms with Crippen LogP contribution in [0, 0.1) is 0 Å². The Hall–Kier alpha value is -1.31. The van der Waals surface area contributed by atoms with Crippen LogP contribution < -0.4 is 14.2 Å². The summed E-state index contributed by atoms with van der Waals surface area (Å²) in [4.78, 5) is 0. The molecular formula is C14H22N2O4S. The summed E-state index contributed by atoms with van der Waals surface area (Å²) in [5.41, 5.74) is 1.04. The average Bonchev–Trinajstić information content (AvgIpc) is 2.97. The van der Waals surface area contributed by atoms with E-state index in [1.54, 1.807) is 21.1 Å². The zero-order valence-corrected chi connectivity index (χ0v) is 13.4. The fourth-order valence-electron chi connectivity index (χ4n) is 2.56. The molecule has 1 aliphatic rings. The highest BCUT2D eigenvalue weighted by Gasteiger charge is 2.32. The topological polar surface area (TPSA) is 67.9 Å². The molecule has 6 nitrogen and oxygen atoms in total. The Morgan fingerprint density at radius 2 is 1.86 bits per heavy atom. The van der Waals surface area contributed by atoms with Crippen molar-refractivity contribution in [2.75, 3.05) is 33.9 Å². The fraction of sp³-hybridized carbons (Fsp3) is 0.571. The summed E-state index contributed by atoms with van der Waals surface area (Å²) in [5, 5.41) is 0. The molecule has 1 heterocycles. The molecule has 21 heavy (non-hydrogen) atoms. The van der Waals surface area contributed by atoms with Crippen LogP contribution in [0.3, 0.4) is 0 Å². The molecule has 1 fully saturated rings. The van der Waals surface area contributed by atoms with Gasteiger partial charge in [0.1, 0.15) is 11.5 Å². The molecule has 0 bridgehead atoms. The lowest BCUT2D eigenvalue weighted by Gasteiger charge is -2.17. The summed E-state index contributed by atoms with van der Waals surface area (Å²) in [6.07, 6.45) is 0.793. The van der Waals surface area contributed by atoms with E-state index in [9.17, 15) is 8.42 Å². The molecule has 0 radical (unpaired) electrons. The lowest BCUT2D eigenvalue weighted by molar-refractivity contribution is 0.392. The standard InChI is InChI=1S/C14H22N2O4S/c1-4-15-21(17,18)16-6-5-11(10-16)12-7-13(19-2)9-14(8-12)20-3/h7-9,11,15H,4-6,10H2,1-3H3. The maximum absolute atomic E-state index is 12.0. The van der Waals surface area contributed by atoms with Crippen LogP contribution in [0.1, 0.15) is 24.8 Å². The molecule has 0 amide bonds. The molecule has 118 valence electrons. The van der Waals surface area contributed by atoms with E-state index in [1.165, 1.54) is 4.31 Å². The Kier molecular flexibility index (Phi) is 5.08. The number of rotatable bonds is 6. The Balaban J connectivity index is 2.18. The van der Waals surface area contributed by atoms with Crippen LogP contribution in [-0.2, 0) is 10.2 Å². The van der Waals surface area contributed by atoms with Crippen molar-refractivity contribution in [3.8, 4) is 11.5 Å². The van der Waals surface area contributed by atoms with E-state index in [0.717, 1.165) is 23.5 Å². The van der Waals surface area contributed by atoms with Gasteiger partial charge in [-0.05, 0) is 30.0 Å². The van der Waals surface area contributed by atoms with Gasteiger partial charge in [-0.3, -0.25) is 0 Å². The van der Waals surface area contributed by atoms with Crippen LogP contribution in [-0.4, -0.2) is 46.6 Å². The molecule has 0 spiro atoms. The molecule has 7 heteroatoms. The van der Waals surface area contributed by atoms with E-state index >= 15 is 0 Å². The van der Waals surface area contributed by atoms with Crippen LogP contribution in [0.15, 0.2) is 18.2 Å². The van der Waals surface area contributed by atoms with E-state index in [-0.39, 0.29) is 5.92 Å². The number of hydrogen-bond acceptors (Lipinski definition) is 4. The summed E-state index contributed by atoms with van der Waals surface area (Å²) in [5.74, 6) is 1.59. The van der Waals surface area contributed by atoms with E-state index in [4.69, 9.17) is 9.47 Å². The van der Waals surface area contributed by atoms with E-state index in [1.807, 2.05) is 18.2 Å². The molecule has 1 aliphatic heterocycles. The first-order valence-electron chi connectivity index (χ1n) is 6.98. The fourth-order valence-corrected chi connectivity index (χ4v) is 3.83. The number of nitrogens with zero attached hydrogens (tertiary/aromatic N) is 1. The molecule has 1 aromatic rings. The SMILES string of the molecule is CCNS(=O)(=O)N1CCC(c2cc(OC)cc(OC)c2)C1. The van der Waals surface area contributed by atoms with Gasteiger partial charge in [-0.1, -0.05) is 6.92 Å². The van der Waals surface area contributed by atoms with Crippen molar-refractivity contribution in [2.45, 2.75) is 19.3 Å². The maximum atomic E-state index is 12.0. The number of benzene rings is 1. The Labute approximate surface area is 126 Å². The highest BCUT2D eigenvalue weighted by Crippen LogP contribution is 2.33. The third-order valence-corrected chi connectivity index (χ3v) is 5.33. The number of ether oxygens (including phenoxy) is 2. The number of hydrogen-bond donors (Lipinski definition) is 1. The van der Waals surface area contributed by atoms with Crippen LogP contribution in [0.5, 0.6) is 11.5 Å². The molecule has 1 atom stereocenters. The summed E-state index contributed by atoms with van der Waals surface area (Å²) >= 11 is 0. The van der Waals surface area contributed by atoms with Crippen LogP contribution in [0.25, 0.3) is 0 Å². The molecule has 2 rings (SSSR count). The largest absolute Gasteiger partial charge is 0.497 e. The van der Waals surface area contributed by atoms with Gasteiger partial charge in [0.2, 0.25) is 0 Å². The van der Waals surface area contributed by atoms with Gasteiger partial charge in [0.25, 0.3) is 10.2 Å². The second-order valence-corrected chi connectivity index (χ2v) is 6.75. The highest BCUT2D eigenvalue weighted by atomic mass is 32.2. The number of nitrogens with one attached hydrogen (secondary N) is 1. The molecule has 0 aromatic heterocycles. The van der Waals surface area contributed by atoms with Crippen LogP contribution >= 0.6 is 0 Å². The van der Waals surface area contributed by atoms with Gasteiger partial charge in [-0.2, -0.15) is 12.7 Å². The van der Waals surface area contributed by atoms with Gasteiger partial charge in [0, 0.05) is 25.7 Å². The predicted molar refractivity (Wildman–Crippen MR) is 81.1 cm³/mol. The van der Waals surface area contributed by atoms with Gasteiger partial charge < -0.3 is 9.47 Å². The molecule has 1 unspecified atom stereocenters. The molecule has 1 N–H and O–H groups in total. The molecule has 0 saturated carbocycles. The van der Waals surface area contributed by atoms with Gasteiger partial charge in [0.05, 0.1) is 14.2 Å². The Morgan fingerprint density at radius 3 is 2.38 bits per heavy atom. The summed E-state index contributed by atoms with van der Waals surface area (Å²) in [6.45, 7) is 3.18. The first-order chi connectivity index (χ1) is 10.00. The Morgan fingerprint density at radius 1 is 1.24 bits per heavy atom. The third kappa shape index (κ3) is 3.66. The second-order valence-electron chi connectivity index (χ2n) is 4.99. The molecular weight excluding hydrogens is 292 g/mol. The molecule has 0 aliphatic carbocycles. The minimum atomic E-state index is -3.36. The summed E-state index contributed by atoms with van der Waals surface area (Å²) < 4.78 is 38.6. The average molecular weight is 314 g/mol. The lowest BCUT2D eigenvalue weighted by atomic mass is 9.98. The van der Waals surface area contributed by atoms with E-state index in [2.05, 4.69) is 4.72 Å². The zero-order valence-electron chi connectivity index (χ0n) is 12.6. The molecule has 1 saturated heterocycles. The van der Waals surface area contributed by atoms with Crippen LogP contribution in [0.2, 0.25) is 0 Å². The van der Waals surface area contributed by atoms with Crippen LogP contribution in [0.4, 0.5) is 0 Å². The molecule has 1 aromatic carbocycles. The summed E-state index contributed by atoms with van der Waals surface area (Å²) in [7, 11) is -0.149. The minimum Gasteiger partial charge on any atom is -0.497 e. The first-order valence-corrected chi connectivity index (χ1v) is 8.42. The van der Waals surface area contributed by atoms with E-state index in [0.29, 0.717) is 19.6 Å². The van der Waals surface area contributed by atoms with Gasteiger partial charge in [-0.15, -0.1) is 0 Å². The highest BCUT2D eigenvalue weighted by molar-refractivity contribution is 7.87. The predicted octanol–water partition coefficient (Wildman–Crippen LogP) is 1.35. The van der Waals surface area contributed by atoms with Crippen molar-refractivity contribution in [3.05, 3.63) is 23.8 Å². The monoisotopic (exact) mass is 314 g/mol. The van der Waals surface area contributed by atoms with Crippen molar-refractivity contribution in [3.63, 3.8) is 0 Å². The van der Waals surface area contributed by atoms with Crippen molar-refractivity contribution < 1.29 is 17.9 Å². The maximum Gasteiger partial charge on any atom is 0.279 e. The van der Waals surface area contributed by atoms with Crippen molar-refractivity contribution in [1.82, 2.24) is 9.03 Å². The first kappa shape index (κ1) is 16.1. The van der Waals surface area contributed by atoms with Gasteiger partial charge >= 0.3 is 0 Å². The van der Waals surface area contributed by atoms with E-state index < -0.39 is 10.2 Å². The van der Waals surface area contributed by atoms with Crippen molar-refractivity contribution in [2.24, 2.45) is 0 Å². The number of methoxy groups -OCH3 is 2. The van der Waals surface area contributed by atoms with Gasteiger partial charge in [0.15, 0.2) is 0 Å². The lowest BCUT2D eigenvalue weighted by Crippen LogP contribution is -2.39. The third-order valence-electron chi connectivity index (χ3n) is 3.66. The van der Waals surface area contributed by atoms with Crippen molar-refractivity contribution in [1.29, 1.82) is 0 Å². The van der Waals surface area contributed by atoms with Crippen molar-refractivity contribution >= 4 is 10.2 Å². The summed E-state index contributed by atoms with van der Waals surface area (Å²) in [6, 6.07) is 5.69. The minimum absolute atomic E-state index is 0.155. The van der Waals surface area contributed by atoms with Gasteiger partial charge in [-0.25, -0.2) is 4.72 Å². The smallest absolute Gasteiger partial charge is 0.279 e.